The average Bonchev–Trinajstić information content (AvgIpc) is 2.46. The van der Waals surface area contributed by atoms with Gasteiger partial charge in [0.05, 0.1) is 5.56 Å². The van der Waals surface area contributed by atoms with Crippen molar-refractivity contribution >= 4 is 18.2 Å². The molecule has 1 amide bonds. The minimum atomic E-state index is -0.810. The van der Waals surface area contributed by atoms with Crippen molar-refractivity contribution in [2.75, 3.05) is 5.32 Å². The number of nitrogens with one attached hydrogen (secondary N) is 1. The summed E-state index contributed by atoms with van der Waals surface area (Å²) in [5.41, 5.74) is 0.495. The highest BCUT2D eigenvalue weighted by atomic mass is 19.1. The Morgan fingerprint density at radius 1 is 1.30 bits per heavy atom. The van der Waals surface area contributed by atoms with Gasteiger partial charge in [-0.25, -0.2) is 14.2 Å². The molecule has 0 fully saturated rings. The summed E-state index contributed by atoms with van der Waals surface area (Å²) >= 11 is 0. The van der Waals surface area contributed by atoms with E-state index < -0.39 is 11.9 Å². The first-order valence-electron chi connectivity index (χ1n) is 5.78. The van der Waals surface area contributed by atoms with Gasteiger partial charge in [-0.1, -0.05) is 30.3 Å². The van der Waals surface area contributed by atoms with Crippen LogP contribution in [-0.2, 0) is 11.3 Å². The van der Waals surface area contributed by atoms with Crippen LogP contribution in [-0.4, -0.2) is 17.4 Å². The maximum absolute atomic E-state index is 13.3. The van der Waals surface area contributed by atoms with Crippen LogP contribution < -0.4 is 5.32 Å². The molecule has 0 radical (unpaired) electrons. The van der Waals surface area contributed by atoms with Gasteiger partial charge >= 0.3 is 6.09 Å². The number of aromatic nitrogens is 1. The molecular weight excluding hydrogens is 263 g/mol. The molecule has 20 heavy (non-hydrogen) atoms. The molecule has 0 unspecified atom stereocenters. The van der Waals surface area contributed by atoms with Gasteiger partial charge in [0.2, 0.25) is 0 Å². The molecule has 0 bridgehead atoms. The molecule has 2 aromatic rings. The molecule has 1 aromatic heterocycles. The lowest BCUT2D eigenvalue weighted by molar-refractivity contribution is 0.112. The van der Waals surface area contributed by atoms with Crippen molar-refractivity contribution in [1.82, 2.24) is 4.98 Å². The summed E-state index contributed by atoms with van der Waals surface area (Å²) in [4.78, 5) is 26.0. The van der Waals surface area contributed by atoms with Crippen LogP contribution in [0, 0.1) is 5.82 Å². The van der Waals surface area contributed by atoms with Crippen LogP contribution >= 0.6 is 0 Å². The molecule has 2 rings (SSSR count). The SMILES string of the molecule is O=Cc1c(F)ccnc1NC(=O)OCc1ccccc1. The molecule has 102 valence electrons. The third-order valence-corrected chi connectivity index (χ3v) is 2.49. The van der Waals surface area contributed by atoms with E-state index in [2.05, 4.69) is 10.3 Å². The van der Waals surface area contributed by atoms with Crippen LogP contribution in [0.15, 0.2) is 42.6 Å². The molecule has 6 heteroatoms. The van der Waals surface area contributed by atoms with Crippen molar-refractivity contribution < 1.29 is 18.7 Å². The Balaban J connectivity index is 1.98. The van der Waals surface area contributed by atoms with E-state index in [4.69, 9.17) is 4.74 Å². The van der Waals surface area contributed by atoms with Crippen molar-refractivity contribution in [3.8, 4) is 0 Å². The number of amides is 1. The van der Waals surface area contributed by atoms with Crippen molar-refractivity contribution in [3.05, 3.63) is 59.5 Å². The van der Waals surface area contributed by atoms with Gasteiger partial charge in [0.1, 0.15) is 18.2 Å². The standard InChI is InChI=1S/C14H11FN2O3/c15-12-6-7-16-13(11(12)8-18)17-14(19)20-9-10-4-2-1-3-5-10/h1-8H,9H2,(H,16,17,19). The van der Waals surface area contributed by atoms with E-state index in [1.54, 1.807) is 12.1 Å². The summed E-state index contributed by atoms with van der Waals surface area (Å²) in [5.74, 6) is -0.925. The number of aldehydes is 1. The molecule has 0 saturated carbocycles. The molecule has 0 spiro atoms. The van der Waals surface area contributed by atoms with E-state index in [-0.39, 0.29) is 24.3 Å². The van der Waals surface area contributed by atoms with Gasteiger partial charge < -0.3 is 4.74 Å². The summed E-state index contributed by atoms with van der Waals surface area (Å²) < 4.78 is 18.2. The number of hydrogen-bond donors (Lipinski definition) is 1. The fourth-order valence-electron chi connectivity index (χ4n) is 1.52. The minimum Gasteiger partial charge on any atom is -0.444 e. The summed E-state index contributed by atoms with van der Waals surface area (Å²) in [6.07, 6.45) is 0.625. The highest BCUT2D eigenvalue weighted by Crippen LogP contribution is 2.13. The Bertz CT molecular complexity index is 617. The quantitative estimate of drug-likeness (QED) is 0.870. The Hall–Kier alpha value is -2.76. The lowest BCUT2D eigenvalue weighted by Crippen LogP contribution is -2.16. The third-order valence-electron chi connectivity index (χ3n) is 2.49. The number of benzene rings is 1. The smallest absolute Gasteiger partial charge is 0.413 e. The average molecular weight is 274 g/mol. The van der Waals surface area contributed by atoms with Gasteiger partial charge in [-0.2, -0.15) is 0 Å². The molecule has 0 saturated heterocycles. The summed E-state index contributed by atoms with van der Waals surface area (Å²) in [6, 6.07) is 10.1. The van der Waals surface area contributed by atoms with Gasteiger partial charge in [-0.15, -0.1) is 0 Å². The van der Waals surface area contributed by atoms with Gasteiger partial charge in [-0.3, -0.25) is 10.1 Å². The number of carbonyl (C=O) groups excluding carboxylic acids is 2. The number of hydrogen-bond acceptors (Lipinski definition) is 4. The topological polar surface area (TPSA) is 68.3 Å². The number of halogens is 1. The van der Waals surface area contributed by atoms with Gasteiger partial charge in [-0.05, 0) is 11.6 Å². The van der Waals surface area contributed by atoms with Crippen LogP contribution in [0.1, 0.15) is 15.9 Å². The monoisotopic (exact) mass is 274 g/mol. The van der Waals surface area contributed by atoms with Crippen LogP contribution in [0.4, 0.5) is 15.0 Å². The number of ether oxygens (including phenoxy) is 1. The zero-order valence-corrected chi connectivity index (χ0v) is 10.4. The predicted octanol–water partition coefficient (Wildman–Crippen LogP) is 2.78. The number of carbonyl (C=O) groups is 2. The molecule has 0 aliphatic rings. The second kappa shape index (κ2) is 6.42. The first-order chi connectivity index (χ1) is 9.70. The lowest BCUT2D eigenvalue weighted by Gasteiger charge is -2.08. The molecule has 0 atom stereocenters. The van der Waals surface area contributed by atoms with Gasteiger partial charge in [0.15, 0.2) is 6.29 Å². The van der Waals surface area contributed by atoms with E-state index >= 15 is 0 Å². The van der Waals surface area contributed by atoms with Crippen molar-refractivity contribution in [1.29, 1.82) is 0 Å². The molecule has 0 aliphatic carbocycles. The van der Waals surface area contributed by atoms with E-state index in [0.717, 1.165) is 17.8 Å². The first-order valence-corrected chi connectivity index (χ1v) is 5.78. The van der Waals surface area contributed by atoms with Crippen molar-refractivity contribution in [2.45, 2.75) is 6.61 Å². The number of rotatable bonds is 4. The fourth-order valence-corrected chi connectivity index (χ4v) is 1.52. The van der Waals surface area contributed by atoms with E-state index in [9.17, 15) is 14.0 Å². The summed E-state index contributed by atoms with van der Waals surface area (Å²) in [7, 11) is 0. The number of anilines is 1. The molecule has 1 heterocycles. The second-order valence-electron chi connectivity index (χ2n) is 3.86. The zero-order valence-electron chi connectivity index (χ0n) is 10.4. The maximum Gasteiger partial charge on any atom is 0.413 e. The number of nitrogens with zero attached hydrogens (tertiary/aromatic N) is 1. The molecule has 0 aliphatic heterocycles. The fraction of sp³-hybridized carbons (Fsp3) is 0.0714. The van der Waals surface area contributed by atoms with Crippen molar-refractivity contribution in [3.63, 3.8) is 0 Å². The predicted molar refractivity (Wildman–Crippen MR) is 69.8 cm³/mol. The minimum absolute atomic E-state index is 0.0679. The Morgan fingerprint density at radius 3 is 2.75 bits per heavy atom. The lowest BCUT2D eigenvalue weighted by atomic mass is 10.2. The molecular formula is C14H11FN2O3. The Kier molecular flexibility index (Phi) is 4.39. The third kappa shape index (κ3) is 3.38. The number of pyridine rings is 1. The summed E-state index contributed by atoms with van der Waals surface area (Å²) in [5, 5.41) is 2.23. The van der Waals surface area contributed by atoms with E-state index in [1.165, 1.54) is 0 Å². The van der Waals surface area contributed by atoms with Gasteiger partial charge in [0.25, 0.3) is 0 Å². The molecule has 1 aromatic carbocycles. The van der Waals surface area contributed by atoms with Crippen LogP contribution in [0.3, 0.4) is 0 Å². The van der Waals surface area contributed by atoms with Crippen LogP contribution in [0.5, 0.6) is 0 Å². The zero-order chi connectivity index (χ0) is 14.4. The van der Waals surface area contributed by atoms with Crippen LogP contribution in [0.2, 0.25) is 0 Å². The largest absolute Gasteiger partial charge is 0.444 e. The highest BCUT2D eigenvalue weighted by Gasteiger charge is 2.12. The first kappa shape index (κ1) is 13.7. The van der Waals surface area contributed by atoms with E-state index in [0.29, 0.717) is 0 Å². The van der Waals surface area contributed by atoms with Gasteiger partial charge in [0, 0.05) is 6.20 Å². The highest BCUT2D eigenvalue weighted by molar-refractivity contribution is 5.91. The normalized spacial score (nSPS) is 9.85. The second-order valence-corrected chi connectivity index (χ2v) is 3.86. The molecule has 5 nitrogen and oxygen atoms in total. The van der Waals surface area contributed by atoms with Crippen LogP contribution in [0.25, 0.3) is 0 Å². The maximum atomic E-state index is 13.3. The van der Waals surface area contributed by atoms with Crippen molar-refractivity contribution in [2.24, 2.45) is 0 Å². The van der Waals surface area contributed by atoms with E-state index in [1.807, 2.05) is 18.2 Å². The summed E-state index contributed by atoms with van der Waals surface area (Å²) in [6.45, 7) is 0.0679. The Morgan fingerprint density at radius 2 is 2.05 bits per heavy atom. The Labute approximate surface area is 114 Å². The molecule has 1 N–H and O–H groups in total.